The molecule has 2 aliphatic carbocycles. The van der Waals surface area contributed by atoms with Crippen molar-refractivity contribution in [2.75, 3.05) is 0 Å². The van der Waals surface area contributed by atoms with Gasteiger partial charge in [0.05, 0.1) is 5.69 Å². The maximum absolute atomic E-state index is 10.1. The van der Waals surface area contributed by atoms with Gasteiger partial charge >= 0.3 is 0 Å². The molecular formula is C32H38N2O. The van der Waals surface area contributed by atoms with Crippen LogP contribution in [0.25, 0.3) is 33.3 Å². The lowest BCUT2D eigenvalue weighted by Gasteiger charge is -2.59. The fraction of sp³-hybridized carbons (Fsp3) is 0.500. The molecule has 0 bridgehead atoms. The smallest absolute Gasteiger partial charge is 0.227 e. The highest BCUT2D eigenvalue weighted by Gasteiger charge is 2.53. The van der Waals surface area contributed by atoms with Crippen molar-refractivity contribution in [2.24, 2.45) is 16.2 Å². The number of hydrogen-bond donors (Lipinski definition) is 0. The van der Waals surface area contributed by atoms with E-state index in [2.05, 4.69) is 69.1 Å². The van der Waals surface area contributed by atoms with Crippen molar-refractivity contribution in [3.8, 4) is 11.3 Å². The molecule has 0 saturated heterocycles. The molecule has 35 heavy (non-hydrogen) atoms. The Morgan fingerprint density at radius 1 is 0.914 bits per heavy atom. The van der Waals surface area contributed by atoms with E-state index in [1.165, 1.54) is 32.1 Å². The second-order valence-electron chi connectivity index (χ2n) is 12.6. The lowest BCUT2D eigenvalue weighted by atomic mass is 9.46. The average Bonchev–Trinajstić information content (AvgIpc) is 3.20. The highest BCUT2D eigenvalue weighted by molar-refractivity contribution is 6.08. The minimum Gasteiger partial charge on any atom is -0.437 e. The SMILES string of the molecule is [2H]C1(c2ccnc(-c3cccc4c3oc3nc(C)ccc34)c2)C(C)(C)CC2(CCCCC2)CC1(C)C. The number of benzene rings is 1. The molecule has 2 aliphatic rings. The van der Waals surface area contributed by atoms with E-state index in [9.17, 15) is 1.37 Å². The minimum absolute atomic E-state index is 0.155. The third-order valence-corrected chi connectivity index (χ3v) is 8.73. The summed E-state index contributed by atoms with van der Waals surface area (Å²) in [6, 6.07) is 14.6. The molecule has 4 aromatic rings. The molecule has 0 radical (unpaired) electrons. The van der Waals surface area contributed by atoms with Crippen LogP contribution in [0.15, 0.2) is 53.1 Å². The molecule has 0 amide bonds. The zero-order valence-corrected chi connectivity index (χ0v) is 21.9. The Hall–Kier alpha value is -2.68. The van der Waals surface area contributed by atoms with Crippen molar-refractivity contribution in [3.63, 3.8) is 0 Å². The van der Waals surface area contributed by atoms with Crippen molar-refractivity contribution in [1.82, 2.24) is 9.97 Å². The third kappa shape index (κ3) is 3.79. The van der Waals surface area contributed by atoms with Crippen molar-refractivity contribution in [3.05, 3.63) is 59.9 Å². The molecular weight excluding hydrogens is 428 g/mol. The van der Waals surface area contributed by atoms with E-state index in [4.69, 9.17) is 9.40 Å². The number of rotatable bonds is 2. The normalized spacial score (nSPS) is 22.9. The van der Waals surface area contributed by atoms with Crippen LogP contribution in [0, 0.1) is 23.2 Å². The first kappa shape index (κ1) is 21.6. The first-order valence-electron chi connectivity index (χ1n) is 13.8. The number of para-hydroxylation sites is 1. The number of fused-ring (bicyclic) bond motifs is 3. The molecule has 0 atom stereocenters. The monoisotopic (exact) mass is 467 g/mol. The van der Waals surface area contributed by atoms with Gasteiger partial charge in [-0.1, -0.05) is 59.1 Å². The van der Waals surface area contributed by atoms with Crippen LogP contribution < -0.4 is 0 Å². The van der Waals surface area contributed by atoms with Gasteiger partial charge < -0.3 is 4.42 Å². The van der Waals surface area contributed by atoms with E-state index >= 15 is 0 Å². The predicted octanol–water partition coefficient (Wildman–Crippen LogP) is 9.23. The fourth-order valence-electron chi connectivity index (χ4n) is 8.17. The number of nitrogens with zero attached hydrogens (tertiary/aromatic N) is 2. The Balaban J connectivity index is 1.47. The average molecular weight is 468 g/mol. The van der Waals surface area contributed by atoms with Crippen molar-refractivity contribution >= 4 is 22.1 Å². The lowest BCUT2D eigenvalue weighted by Crippen LogP contribution is -2.48. The second-order valence-corrected chi connectivity index (χ2v) is 12.6. The molecule has 2 saturated carbocycles. The van der Waals surface area contributed by atoms with Crippen LogP contribution in [-0.2, 0) is 0 Å². The van der Waals surface area contributed by atoms with Gasteiger partial charge in [-0.05, 0) is 90.6 Å². The minimum atomic E-state index is -0.721. The number of aryl methyl sites for hydroxylation is 1. The van der Waals surface area contributed by atoms with Crippen LogP contribution >= 0.6 is 0 Å². The fourth-order valence-corrected chi connectivity index (χ4v) is 8.17. The Kier molecular flexibility index (Phi) is 4.88. The molecule has 2 fully saturated rings. The first-order valence-corrected chi connectivity index (χ1v) is 13.3. The molecule has 3 nitrogen and oxygen atoms in total. The molecule has 0 N–H and O–H groups in total. The van der Waals surface area contributed by atoms with Gasteiger partial charge in [0.2, 0.25) is 5.71 Å². The van der Waals surface area contributed by atoms with Gasteiger partial charge in [-0.25, -0.2) is 4.98 Å². The van der Waals surface area contributed by atoms with Gasteiger partial charge in [-0.2, -0.15) is 0 Å². The number of hydrogen-bond acceptors (Lipinski definition) is 3. The van der Waals surface area contributed by atoms with Gasteiger partial charge in [-0.3, -0.25) is 4.98 Å². The summed E-state index contributed by atoms with van der Waals surface area (Å²) >= 11 is 0. The predicted molar refractivity (Wildman–Crippen MR) is 145 cm³/mol. The van der Waals surface area contributed by atoms with Gasteiger partial charge in [0, 0.05) is 29.6 Å². The van der Waals surface area contributed by atoms with Gasteiger partial charge in [-0.15, -0.1) is 0 Å². The molecule has 6 rings (SSSR count). The van der Waals surface area contributed by atoms with Crippen molar-refractivity contribution in [2.45, 2.75) is 85.5 Å². The van der Waals surface area contributed by atoms with Gasteiger partial charge in [0.1, 0.15) is 5.58 Å². The van der Waals surface area contributed by atoms with E-state index in [0.29, 0.717) is 11.1 Å². The molecule has 1 spiro atoms. The molecule has 182 valence electrons. The van der Waals surface area contributed by atoms with Crippen molar-refractivity contribution in [1.29, 1.82) is 0 Å². The lowest BCUT2D eigenvalue weighted by molar-refractivity contribution is -0.0478. The van der Waals surface area contributed by atoms with Crippen LogP contribution in [0.4, 0.5) is 0 Å². The molecule has 3 heterocycles. The summed E-state index contributed by atoms with van der Waals surface area (Å²) < 4.78 is 16.4. The Labute approximate surface area is 210 Å². The largest absolute Gasteiger partial charge is 0.437 e. The summed E-state index contributed by atoms with van der Waals surface area (Å²) in [5.41, 5.74) is 5.39. The summed E-state index contributed by atoms with van der Waals surface area (Å²) in [6.07, 6.45) is 10.8. The van der Waals surface area contributed by atoms with Crippen LogP contribution in [0.3, 0.4) is 0 Å². The first-order chi connectivity index (χ1) is 17.1. The highest BCUT2D eigenvalue weighted by atomic mass is 16.3. The number of furan rings is 1. The molecule has 0 aliphatic heterocycles. The van der Waals surface area contributed by atoms with E-state index < -0.39 is 5.89 Å². The highest BCUT2D eigenvalue weighted by Crippen LogP contribution is 2.65. The van der Waals surface area contributed by atoms with E-state index in [-0.39, 0.29) is 10.8 Å². The third-order valence-electron chi connectivity index (χ3n) is 8.73. The topological polar surface area (TPSA) is 38.9 Å². The molecule has 1 aromatic carbocycles. The van der Waals surface area contributed by atoms with Crippen LogP contribution in [0.2, 0.25) is 0 Å². The Morgan fingerprint density at radius 2 is 1.66 bits per heavy atom. The maximum Gasteiger partial charge on any atom is 0.227 e. The maximum atomic E-state index is 10.1. The number of pyridine rings is 2. The van der Waals surface area contributed by atoms with E-state index in [0.717, 1.165) is 51.7 Å². The summed E-state index contributed by atoms with van der Waals surface area (Å²) in [5, 5.41) is 2.08. The molecule has 3 aromatic heterocycles. The zero-order valence-electron chi connectivity index (χ0n) is 22.9. The van der Waals surface area contributed by atoms with E-state index in [1.54, 1.807) is 0 Å². The summed E-state index contributed by atoms with van der Waals surface area (Å²) in [7, 11) is 0. The Bertz CT molecular complexity index is 1440. The number of aromatic nitrogens is 2. The van der Waals surface area contributed by atoms with E-state index in [1.807, 2.05) is 19.2 Å². The second kappa shape index (κ2) is 7.91. The standard InChI is InChI=1S/C32H38N2O/c1-21-12-13-24-23-10-9-11-25(27(23)35-29(24)34-21)26-18-22(14-17-33-26)28-30(2,3)19-32(20-31(28,4)5)15-7-6-8-16-32/h9-14,17-18,28H,6-8,15-16,19-20H2,1-5H3/i28D. The van der Waals surface area contributed by atoms with Crippen LogP contribution in [0.5, 0.6) is 0 Å². The zero-order chi connectivity index (χ0) is 25.3. The van der Waals surface area contributed by atoms with Gasteiger partial charge in [0.15, 0.2) is 0 Å². The molecule has 3 heteroatoms. The quantitative estimate of drug-likeness (QED) is 0.295. The summed E-state index contributed by atoms with van der Waals surface area (Å²) in [5.74, 6) is -0.721. The Morgan fingerprint density at radius 3 is 2.40 bits per heavy atom. The van der Waals surface area contributed by atoms with Crippen LogP contribution in [0.1, 0.15) is 91.2 Å². The van der Waals surface area contributed by atoms with Gasteiger partial charge in [0.25, 0.3) is 0 Å². The summed E-state index contributed by atoms with van der Waals surface area (Å²) in [4.78, 5) is 9.40. The molecule has 0 unspecified atom stereocenters. The van der Waals surface area contributed by atoms with Crippen molar-refractivity contribution < 1.29 is 5.79 Å². The summed E-state index contributed by atoms with van der Waals surface area (Å²) in [6.45, 7) is 11.3. The van der Waals surface area contributed by atoms with Crippen LogP contribution in [-0.4, -0.2) is 9.97 Å².